The van der Waals surface area contributed by atoms with E-state index in [1.807, 2.05) is 24.4 Å². The van der Waals surface area contributed by atoms with Crippen molar-refractivity contribution in [3.63, 3.8) is 0 Å². The summed E-state index contributed by atoms with van der Waals surface area (Å²) < 4.78 is 5.67. The van der Waals surface area contributed by atoms with Gasteiger partial charge in [-0.05, 0) is 71.7 Å². The van der Waals surface area contributed by atoms with Crippen LogP contribution in [0.15, 0.2) is 60.8 Å². The molecule has 5 rings (SSSR count). The number of rotatable bonds is 6. The molecule has 2 heterocycles. The molecule has 3 aromatic rings. The number of hydrogen-bond acceptors (Lipinski definition) is 4. The molecule has 0 fully saturated rings. The van der Waals surface area contributed by atoms with Crippen molar-refractivity contribution in [2.75, 3.05) is 18.1 Å². The normalized spacial score (nSPS) is 14.6. The van der Waals surface area contributed by atoms with E-state index in [1.54, 1.807) is 0 Å². The summed E-state index contributed by atoms with van der Waals surface area (Å²) in [4.78, 5) is 19.1. The number of hydrogen-bond donors (Lipinski definition) is 1. The third kappa shape index (κ3) is 4.55. The molecule has 0 atom stereocenters. The molecule has 1 aliphatic heterocycles. The van der Waals surface area contributed by atoms with Gasteiger partial charge in [0.2, 0.25) is 0 Å². The number of pyridine rings is 1. The molecule has 1 N–H and O–H groups in total. The van der Waals surface area contributed by atoms with E-state index in [9.17, 15) is 4.79 Å². The molecule has 0 bridgehead atoms. The van der Waals surface area contributed by atoms with Gasteiger partial charge in [-0.25, -0.2) is 4.98 Å². The molecule has 0 saturated heterocycles. The van der Waals surface area contributed by atoms with Crippen molar-refractivity contribution in [3.05, 3.63) is 88.6 Å². The second-order valence-corrected chi connectivity index (χ2v) is 8.31. The highest BCUT2D eigenvalue weighted by molar-refractivity contribution is 5.77. The number of anilines is 1. The molecule has 0 spiro atoms. The first kappa shape index (κ1) is 19.6. The zero-order valence-electron chi connectivity index (χ0n) is 17.6. The minimum Gasteiger partial charge on any atom is -0.484 e. The first-order chi connectivity index (χ1) is 15.2. The average Bonchev–Trinajstić information content (AvgIpc) is 3.29. The molecular formula is C26H27N3O2. The van der Waals surface area contributed by atoms with Crippen LogP contribution in [-0.4, -0.2) is 24.0 Å². The predicted molar refractivity (Wildman–Crippen MR) is 121 cm³/mol. The van der Waals surface area contributed by atoms with Crippen molar-refractivity contribution >= 4 is 11.7 Å². The molecule has 1 aromatic heterocycles. The Morgan fingerprint density at radius 3 is 2.68 bits per heavy atom. The summed E-state index contributed by atoms with van der Waals surface area (Å²) in [6.45, 7) is 2.33. The first-order valence-corrected chi connectivity index (χ1v) is 11.0. The number of benzene rings is 2. The number of fused-ring (bicyclic) bond motifs is 2. The molecule has 31 heavy (non-hydrogen) atoms. The SMILES string of the molecule is O=C(COc1ccc2c(c1)CCC2)NCc1ccc(N2CCc3ccccc3C2)nc1. The highest BCUT2D eigenvalue weighted by Gasteiger charge is 2.17. The van der Waals surface area contributed by atoms with Gasteiger partial charge in [0.1, 0.15) is 11.6 Å². The van der Waals surface area contributed by atoms with E-state index in [0.29, 0.717) is 6.54 Å². The van der Waals surface area contributed by atoms with Crippen LogP contribution in [0.3, 0.4) is 0 Å². The van der Waals surface area contributed by atoms with Gasteiger partial charge < -0.3 is 15.0 Å². The van der Waals surface area contributed by atoms with E-state index in [-0.39, 0.29) is 12.5 Å². The number of carbonyl (C=O) groups is 1. The van der Waals surface area contributed by atoms with E-state index < -0.39 is 0 Å². The fourth-order valence-corrected chi connectivity index (χ4v) is 4.44. The van der Waals surface area contributed by atoms with Gasteiger partial charge in [0.15, 0.2) is 6.61 Å². The standard InChI is InChI=1S/C26H27N3O2/c30-26(18-31-24-10-9-20-6-3-7-22(20)14-24)28-16-19-8-11-25(27-15-19)29-13-12-21-4-1-2-5-23(21)17-29/h1-2,4-5,8-11,14-15H,3,6-7,12-13,16-18H2,(H,28,30). The molecule has 0 radical (unpaired) electrons. The van der Waals surface area contributed by atoms with Crippen molar-refractivity contribution in [1.82, 2.24) is 10.3 Å². The van der Waals surface area contributed by atoms with E-state index in [2.05, 4.69) is 51.6 Å². The van der Waals surface area contributed by atoms with E-state index in [4.69, 9.17) is 4.74 Å². The summed E-state index contributed by atoms with van der Waals surface area (Å²) in [6.07, 6.45) is 6.34. The lowest BCUT2D eigenvalue weighted by atomic mass is 10.00. The third-order valence-electron chi connectivity index (χ3n) is 6.19. The number of ether oxygens (including phenoxy) is 1. The molecular weight excluding hydrogens is 386 g/mol. The van der Waals surface area contributed by atoms with Crippen molar-refractivity contribution in [1.29, 1.82) is 0 Å². The second-order valence-electron chi connectivity index (χ2n) is 8.31. The number of aryl methyl sites for hydroxylation is 2. The lowest BCUT2D eigenvalue weighted by molar-refractivity contribution is -0.123. The predicted octanol–water partition coefficient (Wildman–Crippen LogP) is 3.83. The number of nitrogens with zero attached hydrogens (tertiary/aromatic N) is 2. The minimum atomic E-state index is -0.128. The van der Waals surface area contributed by atoms with Crippen LogP contribution in [0.1, 0.15) is 34.2 Å². The highest BCUT2D eigenvalue weighted by Crippen LogP contribution is 2.26. The van der Waals surface area contributed by atoms with Gasteiger partial charge in [0.25, 0.3) is 5.91 Å². The first-order valence-electron chi connectivity index (χ1n) is 11.0. The third-order valence-corrected chi connectivity index (χ3v) is 6.19. The summed E-state index contributed by atoms with van der Waals surface area (Å²) in [6, 6.07) is 18.8. The fourth-order valence-electron chi connectivity index (χ4n) is 4.44. The van der Waals surface area contributed by atoms with Crippen LogP contribution in [0, 0.1) is 0 Å². The molecule has 2 aromatic carbocycles. The molecule has 5 nitrogen and oxygen atoms in total. The number of amides is 1. The molecule has 0 saturated carbocycles. The summed E-state index contributed by atoms with van der Waals surface area (Å²) in [5.41, 5.74) is 6.53. The maximum Gasteiger partial charge on any atom is 0.258 e. The Balaban J connectivity index is 1.11. The zero-order valence-corrected chi connectivity index (χ0v) is 17.6. The van der Waals surface area contributed by atoms with Gasteiger partial charge >= 0.3 is 0 Å². The van der Waals surface area contributed by atoms with Crippen LogP contribution in [-0.2, 0) is 37.1 Å². The maximum atomic E-state index is 12.2. The summed E-state index contributed by atoms with van der Waals surface area (Å²) in [5, 5.41) is 2.92. The Morgan fingerprint density at radius 2 is 1.81 bits per heavy atom. The Hall–Kier alpha value is -3.34. The minimum absolute atomic E-state index is 0.0253. The summed E-state index contributed by atoms with van der Waals surface area (Å²) in [7, 11) is 0. The van der Waals surface area contributed by atoms with Crippen molar-refractivity contribution in [2.24, 2.45) is 0 Å². The Bertz CT molecular complexity index is 1080. The summed E-state index contributed by atoms with van der Waals surface area (Å²) in [5.74, 6) is 1.62. The second kappa shape index (κ2) is 8.80. The monoisotopic (exact) mass is 413 g/mol. The van der Waals surface area contributed by atoms with Gasteiger partial charge in [-0.3, -0.25) is 4.79 Å². The van der Waals surface area contributed by atoms with Crippen LogP contribution < -0.4 is 15.0 Å². The highest BCUT2D eigenvalue weighted by atomic mass is 16.5. The van der Waals surface area contributed by atoms with Gasteiger partial charge in [-0.1, -0.05) is 36.4 Å². The number of nitrogens with one attached hydrogen (secondary N) is 1. The van der Waals surface area contributed by atoms with Crippen LogP contribution in [0.2, 0.25) is 0 Å². The van der Waals surface area contributed by atoms with Crippen molar-refractivity contribution in [2.45, 2.75) is 38.8 Å². The lowest BCUT2D eigenvalue weighted by Crippen LogP contribution is -2.31. The summed E-state index contributed by atoms with van der Waals surface area (Å²) >= 11 is 0. The number of carbonyl (C=O) groups excluding carboxylic acids is 1. The Kier molecular flexibility index (Phi) is 5.57. The Morgan fingerprint density at radius 1 is 0.968 bits per heavy atom. The molecule has 158 valence electrons. The molecule has 5 heteroatoms. The van der Waals surface area contributed by atoms with Gasteiger partial charge in [-0.15, -0.1) is 0 Å². The van der Waals surface area contributed by atoms with E-state index in [1.165, 1.54) is 28.7 Å². The molecule has 1 amide bonds. The topological polar surface area (TPSA) is 54.5 Å². The van der Waals surface area contributed by atoms with Crippen LogP contribution in [0.5, 0.6) is 5.75 Å². The van der Waals surface area contributed by atoms with E-state index in [0.717, 1.165) is 49.5 Å². The quantitative estimate of drug-likeness (QED) is 0.667. The van der Waals surface area contributed by atoms with Gasteiger partial charge in [0.05, 0.1) is 0 Å². The van der Waals surface area contributed by atoms with E-state index >= 15 is 0 Å². The van der Waals surface area contributed by atoms with Crippen LogP contribution >= 0.6 is 0 Å². The molecule has 1 aliphatic carbocycles. The number of aromatic nitrogens is 1. The van der Waals surface area contributed by atoms with Gasteiger partial charge in [-0.2, -0.15) is 0 Å². The smallest absolute Gasteiger partial charge is 0.258 e. The van der Waals surface area contributed by atoms with Gasteiger partial charge in [0, 0.05) is 25.8 Å². The fraction of sp³-hybridized carbons (Fsp3) is 0.308. The van der Waals surface area contributed by atoms with Crippen LogP contribution in [0.4, 0.5) is 5.82 Å². The molecule has 0 unspecified atom stereocenters. The average molecular weight is 414 g/mol. The zero-order chi connectivity index (χ0) is 21.0. The van der Waals surface area contributed by atoms with Crippen molar-refractivity contribution < 1.29 is 9.53 Å². The Labute approximate surface area is 183 Å². The van der Waals surface area contributed by atoms with Crippen molar-refractivity contribution in [3.8, 4) is 5.75 Å². The maximum absolute atomic E-state index is 12.2. The largest absolute Gasteiger partial charge is 0.484 e. The molecule has 2 aliphatic rings. The lowest BCUT2D eigenvalue weighted by Gasteiger charge is -2.29. The van der Waals surface area contributed by atoms with Crippen LogP contribution in [0.25, 0.3) is 0 Å².